The number of quaternary nitrogens is 1. The van der Waals surface area contributed by atoms with Crippen molar-refractivity contribution in [3.05, 3.63) is 58.8 Å². The molecule has 0 saturated heterocycles. The highest BCUT2D eigenvalue weighted by molar-refractivity contribution is 5.81. The molecule has 3 aromatic rings. The fraction of sp³-hybridized carbons (Fsp3) is 0.200. The van der Waals surface area contributed by atoms with Crippen LogP contribution in [0, 0.1) is 0 Å². The topological polar surface area (TPSA) is 87.7 Å². The van der Waals surface area contributed by atoms with Crippen molar-refractivity contribution in [2.45, 2.75) is 0 Å². The Kier molecular flexibility index (Phi) is 7.25. The second kappa shape index (κ2) is 8.94. The van der Waals surface area contributed by atoms with Crippen LogP contribution in [0.1, 0.15) is 0 Å². The number of carbonyl (C=O) groups is 1. The summed E-state index contributed by atoms with van der Waals surface area (Å²) in [6.45, 7) is 2.00. The maximum absolute atomic E-state index is 12.2. The van der Waals surface area contributed by atoms with Gasteiger partial charge in [0.05, 0.1) is 26.5 Å². The molecule has 3 rings (SSSR count). The number of benzene rings is 2. The van der Waals surface area contributed by atoms with Crippen LogP contribution in [0.25, 0.3) is 22.3 Å². The number of hydrogen-bond donors (Lipinski definition) is 2. The Hall–Kier alpha value is -2.96. The van der Waals surface area contributed by atoms with E-state index in [1.807, 2.05) is 31.1 Å². The summed E-state index contributed by atoms with van der Waals surface area (Å²) < 4.78 is 6.42. The fourth-order valence-corrected chi connectivity index (χ4v) is 2.39. The van der Waals surface area contributed by atoms with E-state index in [2.05, 4.69) is 21.1 Å². The van der Waals surface area contributed by atoms with Gasteiger partial charge in [-0.3, -0.25) is 9.28 Å². The molecule has 0 amide bonds. The molecule has 0 aliphatic heterocycles. The molecule has 0 aliphatic carbocycles. The van der Waals surface area contributed by atoms with E-state index < -0.39 is 5.43 Å². The third-order valence-corrected chi connectivity index (χ3v) is 3.68. The minimum atomic E-state index is -0.410. The van der Waals surface area contributed by atoms with Crippen molar-refractivity contribution in [3.8, 4) is 17.1 Å². The van der Waals surface area contributed by atoms with E-state index in [0.717, 1.165) is 12.8 Å². The molecule has 0 aliphatic rings. The van der Waals surface area contributed by atoms with Crippen LogP contribution in [0.2, 0.25) is 0 Å². The van der Waals surface area contributed by atoms with Crippen molar-refractivity contribution in [1.29, 1.82) is 0 Å². The van der Waals surface area contributed by atoms with Crippen molar-refractivity contribution in [2.75, 3.05) is 28.3 Å². The first-order chi connectivity index (χ1) is 12.4. The summed E-state index contributed by atoms with van der Waals surface area (Å²) >= 11 is 0. The van der Waals surface area contributed by atoms with Crippen LogP contribution in [0.4, 0.5) is 5.69 Å². The van der Waals surface area contributed by atoms with Gasteiger partial charge in [-0.2, -0.15) is 0 Å². The molecule has 2 N–H and O–H groups in total. The van der Waals surface area contributed by atoms with Crippen molar-refractivity contribution >= 4 is 23.4 Å². The van der Waals surface area contributed by atoms with Crippen molar-refractivity contribution < 1.29 is 19.4 Å². The highest BCUT2D eigenvalue weighted by Crippen LogP contribution is 2.31. The highest BCUT2D eigenvalue weighted by Gasteiger charge is 2.17. The van der Waals surface area contributed by atoms with Crippen LogP contribution in [0.3, 0.4) is 0 Å². The molecule has 6 heteroatoms. The van der Waals surface area contributed by atoms with Crippen LogP contribution in [0.15, 0.2) is 57.7 Å². The predicted octanol–water partition coefficient (Wildman–Crippen LogP) is 2.79. The largest absolute Gasteiger partial charge is 0.502 e. The quantitative estimate of drug-likeness (QED) is 0.688. The number of aliphatic hydroxyl groups excluding tert-OH is 1. The molecule has 2 aromatic carbocycles. The number of hydrogen-bond acceptors (Lipinski definition) is 5. The Morgan fingerprint density at radius 3 is 2.00 bits per heavy atom. The van der Waals surface area contributed by atoms with E-state index >= 15 is 0 Å². The maximum atomic E-state index is 12.2. The van der Waals surface area contributed by atoms with Crippen LogP contribution >= 0.6 is 0 Å². The zero-order valence-electron chi connectivity index (χ0n) is 15.4. The van der Waals surface area contributed by atoms with Crippen LogP contribution < -0.4 is 9.91 Å². The van der Waals surface area contributed by atoms with Crippen molar-refractivity contribution in [3.63, 3.8) is 0 Å². The van der Waals surface area contributed by atoms with Gasteiger partial charge in [-0.25, -0.2) is 0 Å². The van der Waals surface area contributed by atoms with E-state index in [1.165, 1.54) is 0 Å². The first-order valence-corrected chi connectivity index (χ1v) is 7.79. The number of rotatable bonds is 2. The van der Waals surface area contributed by atoms with Gasteiger partial charge in [0.1, 0.15) is 18.1 Å². The molecule has 0 bridgehead atoms. The zero-order chi connectivity index (χ0) is 19.9. The van der Waals surface area contributed by atoms with Crippen molar-refractivity contribution in [1.82, 2.24) is 4.48 Å². The van der Waals surface area contributed by atoms with Crippen LogP contribution in [-0.2, 0) is 4.79 Å². The molecular weight excluding hydrogens is 334 g/mol. The monoisotopic (exact) mass is 358 g/mol. The lowest BCUT2D eigenvalue weighted by Crippen LogP contribution is -2.34. The summed E-state index contributed by atoms with van der Waals surface area (Å²) in [5.41, 5.74) is 1.85. The number of aromatic hydroxyl groups is 1. The average Bonchev–Trinajstić information content (AvgIpc) is 2.67. The first kappa shape index (κ1) is 21.1. The average molecular weight is 358 g/mol. The summed E-state index contributed by atoms with van der Waals surface area (Å²) in [6, 6.07) is 14.5. The highest BCUT2D eigenvalue weighted by atomic mass is 16.4. The molecule has 6 nitrogen and oxygen atoms in total. The third-order valence-electron chi connectivity index (χ3n) is 3.68. The molecule has 0 radical (unpaired) electrons. The van der Waals surface area contributed by atoms with E-state index in [9.17, 15) is 9.90 Å². The lowest BCUT2D eigenvalue weighted by molar-refractivity contribution is -0.0979. The minimum Gasteiger partial charge on any atom is -0.502 e. The Bertz CT molecular complexity index is 908. The SMILES string of the molecule is C=O.CO.C[N+](C)(C)c1ccc(-c2oc3ccccc3c(=O)c2O)cc1. The van der Waals surface area contributed by atoms with Gasteiger partial charge in [-0.1, -0.05) is 12.1 Å². The van der Waals surface area contributed by atoms with Gasteiger partial charge in [0.25, 0.3) is 0 Å². The zero-order valence-corrected chi connectivity index (χ0v) is 15.4. The molecule has 1 aromatic heterocycles. The number of nitrogens with zero attached hydrogens (tertiary/aromatic N) is 1. The van der Waals surface area contributed by atoms with Gasteiger partial charge in [-0.05, 0) is 36.4 Å². The summed E-state index contributed by atoms with van der Waals surface area (Å²) in [6.07, 6.45) is 0. The Morgan fingerprint density at radius 2 is 1.46 bits per heavy atom. The third kappa shape index (κ3) is 4.36. The summed E-state index contributed by atoms with van der Waals surface area (Å²) in [4.78, 5) is 20.2. The van der Waals surface area contributed by atoms with E-state index in [1.54, 1.807) is 24.3 Å². The van der Waals surface area contributed by atoms with Gasteiger partial charge >= 0.3 is 0 Å². The summed E-state index contributed by atoms with van der Waals surface area (Å²) in [5.74, 6) is -0.145. The van der Waals surface area contributed by atoms with E-state index in [4.69, 9.17) is 14.3 Å². The maximum Gasteiger partial charge on any atom is 0.235 e. The lowest BCUT2D eigenvalue weighted by atomic mass is 10.1. The van der Waals surface area contributed by atoms with E-state index in [-0.39, 0.29) is 11.5 Å². The van der Waals surface area contributed by atoms with Crippen molar-refractivity contribution in [2.24, 2.45) is 0 Å². The smallest absolute Gasteiger partial charge is 0.235 e. The molecule has 0 unspecified atom stereocenters. The van der Waals surface area contributed by atoms with E-state index in [0.29, 0.717) is 21.0 Å². The van der Waals surface area contributed by atoms with Gasteiger partial charge in [-0.15, -0.1) is 0 Å². The molecule has 138 valence electrons. The van der Waals surface area contributed by atoms with Gasteiger partial charge < -0.3 is 19.4 Å². The van der Waals surface area contributed by atoms with Gasteiger partial charge in [0.2, 0.25) is 11.2 Å². The Labute approximate surface area is 152 Å². The Morgan fingerprint density at radius 1 is 0.923 bits per heavy atom. The number of para-hydroxylation sites is 1. The number of carbonyl (C=O) groups excluding carboxylic acids is 1. The number of aliphatic hydroxyl groups is 1. The molecule has 1 heterocycles. The molecule has 0 saturated carbocycles. The van der Waals surface area contributed by atoms with Gasteiger partial charge in [0.15, 0.2) is 5.76 Å². The predicted molar refractivity (Wildman–Crippen MR) is 104 cm³/mol. The molecule has 0 atom stereocenters. The second-order valence-corrected chi connectivity index (χ2v) is 6.16. The molecule has 0 fully saturated rings. The normalized spacial score (nSPS) is 10.3. The summed E-state index contributed by atoms with van der Waals surface area (Å²) in [7, 11) is 7.22. The molecule has 0 spiro atoms. The fourth-order valence-electron chi connectivity index (χ4n) is 2.39. The second-order valence-electron chi connectivity index (χ2n) is 6.16. The van der Waals surface area contributed by atoms with Crippen LogP contribution in [-0.4, -0.2) is 45.3 Å². The minimum absolute atomic E-state index is 0.205. The molecular formula is C20H24NO5+. The van der Waals surface area contributed by atoms with Crippen LogP contribution in [0.5, 0.6) is 5.75 Å². The summed E-state index contributed by atoms with van der Waals surface area (Å²) in [5, 5.41) is 17.5. The van der Waals surface area contributed by atoms with Gasteiger partial charge in [0, 0.05) is 12.7 Å². The number of fused-ring (bicyclic) bond motifs is 1. The first-order valence-electron chi connectivity index (χ1n) is 7.79. The molecule has 26 heavy (non-hydrogen) atoms. The lowest BCUT2D eigenvalue weighted by Gasteiger charge is -2.23. The standard InChI is InChI=1S/C18H17NO3.CH4O.CH2O/c1-19(2,3)13-10-8-12(9-11-13)18-17(21)16(20)14-6-4-5-7-15(14)22-18;2*1-2/h4-11H,1-3H3;2H,1H3;1H2/p+1. The Balaban J connectivity index is 0.000000791.